The molecule has 2 heteroatoms. The van der Waals surface area contributed by atoms with Gasteiger partial charge in [-0.05, 0) is 49.0 Å². The summed E-state index contributed by atoms with van der Waals surface area (Å²) in [7, 11) is 0. The van der Waals surface area contributed by atoms with Gasteiger partial charge in [-0.2, -0.15) is 0 Å². The Morgan fingerprint density at radius 2 is 1.58 bits per heavy atom. The zero-order valence-electron chi connectivity index (χ0n) is 20.2. The molecule has 1 aliphatic carbocycles. The second kappa shape index (κ2) is 19.4. The van der Waals surface area contributed by atoms with Crippen LogP contribution in [0.4, 0.5) is 0 Å². The highest BCUT2D eigenvalue weighted by Gasteiger charge is 2.13. The Morgan fingerprint density at radius 3 is 2.23 bits per heavy atom. The molecule has 170 valence electrons. The van der Waals surface area contributed by atoms with Crippen LogP contribution in [0.1, 0.15) is 64.6 Å². The zero-order chi connectivity index (χ0) is 23.3. The molecule has 31 heavy (non-hydrogen) atoms. The monoisotopic (exact) mass is 421 g/mol. The molecule has 0 saturated heterocycles. The van der Waals surface area contributed by atoms with Crippen molar-refractivity contribution in [2.75, 3.05) is 6.61 Å². The minimum atomic E-state index is 0.257. The minimum Gasteiger partial charge on any atom is -0.396 e. The summed E-state index contributed by atoms with van der Waals surface area (Å²) in [4.78, 5) is 0. The average Bonchev–Trinajstić information content (AvgIpc) is 3.18. The Hall–Kier alpha value is -2.58. The first kappa shape index (κ1) is 28.4. The number of allylic oxidation sites excluding steroid dienone is 5. The standard InChI is InChI=1S/C22H25NO.C3H8.C2H6.C2H4/c24-17-11-10-16-23-21-15-9-4-2-1-3-6-14-20(21)18-22(23)19-12-7-5-8-13-19;1-3-2;2*1-2/h1-3,5-9,12-13,15,18,24H,4,10-11,14,16-17H2;3H2,1-2H3;1-2H3;1-2H2/b2-1-,6-3-,15-9-;;;. The number of aromatic nitrogens is 1. The summed E-state index contributed by atoms with van der Waals surface area (Å²) < 4.78 is 2.41. The summed E-state index contributed by atoms with van der Waals surface area (Å²) in [5.41, 5.74) is 5.18. The second-order valence-corrected chi connectivity index (χ2v) is 6.79. The first-order valence-electron chi connectivity index (χ1n) is 11.7. The van der Waals surface area contributed by atoms with E-state index in [1.165, 1.54) is 28.9 Å². The van der Waals surface area contributed by atoms with Crippen molar-refractivity contribution in [3.8, 4) is 11.3 Å². The van der Waals surface area contributed by atoms with Crippen LogP contribution in [0.15, 0.2) is 79.9 Å². The van der Waals surface area contributed by atoms with Gasteiger partial charge in [-0.15, -0.1) is 13.2 Å². The van der Waals surface area contributed by atoms with Crippen molar-refractivity contribution >= 4 is 6.08 Å². The molecule has 2 nitrogen and oxygen atoms in total. The predicted octanol–water partition coefficient (Wildman–Crippen LogP) is 8.24. The lowest BCUT2D eigenvalue weighted by Gasteiger charge is -2.12. The van der Waals surface area contributed by atoms with Gasteiger partial charge in [-0.1, -0.05) is 94.8 Å². The number of aliphatic hydroxyl groups excluding tert-OH is 1. The van der Waals surface area contributed by atoms with E-state index in [0.717, 1.165) is 32.2 Å². The Morgan fingerprint density at radius 1 is 0.935 bits per heavy atom. The summed E-state index contributed by atoms with van der Waals surface area (Å²) >= 11 is 0. The lowest BCUT2D eigenvalue weighted by atomic mass is 10.1. The van der Waals surface area contributed by atoms with Crippen LogP contribution in [0, 0.1) is 0 Å². The summed E-state index contributed by atoms with van der Waals surface area (Å²) in [6.07, 6.45) is 18.1. The van der Waals surface area contributed by atoms with Gasteiger partial charge >= 0.3 is 0 Å². The summed E-state index contributed by atoms with van der Waals surface area (Å²) in [6, 6.07) is 12.9. The largest absolute Gasteiger partial charge is 0.396 e. The Balaban J connectivity index is 0.00000116. The van der Waals surface area contributed by atoms with Crippen LogP contribution < -0.4 is 0 Å². The number of hydrogen-bond acceptors (Lipinski definition) is 1. The number of aliphatic hydroxyl groups is 1. The summed E-state index contributed by atoms with van der Waals surface area (Å²) in [5.74, 6) is 0. The van der Waals surface area contributed by atoms with Crippen molar-refractivity contribution in [1.29, 1.82) is 0 Å². The molecule has 1 aliphatic rings. The maximum atomic E-state index is 9.13. The quantitative estimate of drug-likeness (QED) is 0.381. The molecule has 0 unspecified atom stereocenters. The van der Waals surface area contributed by atoms with E-state index in [1.807, 2.05) is 13.8 Å². The molecule has 0 fully saturated rings. The third-order valence-electron chi connectivity index (χ3n) is 4.35. The van der Waals surface area contributed by atoms with Crippen LogP contribution in [0.2, 0.25) is 0 Å². The molecule has 1 N–H and O–H groups in total. The zero-order valence-corrected chi connectivity index (χ0v) is 20.2. The highest BCUT2D eigenvalue weighted by atomic mass is 16.2. The molecule has 1 heterocycles. The summed E-state index contributed by atoms with van der Waals surface area (Å²) in [6.45, 7) is 15.4. The number of unbranched alkanes of at least 4 members (excludes halogenated alkanes) is 1. The van der Waals surface area contributed by atoms with Gasteiger partial charge < -0.3 is 9.67 Å². The molecule has 0 bridgehead atoms. The van der Waals surface area contributed by atoms with Gasteiger partial charge in [-0.3, -0.25) is 0 Å². The van der Waals surface area contributed by atoms with E-state index in [0.29, 0.717) is 0 Å². The van der Waals surface area contributed by atoms with Crippen LogP contribution >= 0.6 is 0 Å². The van der Waals surface area contributed by atoms with Gasteiger partial charge in [0.05, 0.1) is 0 Å². The molecule has 0 aliphatic heterocycles. The van der Waals surface area contributed by atoms with Gasteiger partial charge in [0.15, 0.2) is 0 Å². The van der Waals surface area contributed by atoms with E-state index in [-0.39, 0.29) is 6.61 Å². The summed E-state index contributed by atoms with van der Waals surface area (Å²) in [5, 5.41) is 9.13. The fourth-order valence-electron chi connectivity index (χ4n) is 3.14. The van der Waals surface area contributed by atoms with E-state index in [1.54, 1.807) is 0 Å². The smallest absolute Gasteiger partial charge is 0.0488 e. The molecular formula is C29H43NO. The fraction of sp³-hybridized carbons (Fsp3) is 0.379. The number of nitrogens with zero attached hydrogens (tertiary/aromatic N) is 1. The van der Waals surface area contributed by atoms with Crippen LogP contribution in [0.5, 0.6) is 0 Å². The third-order valence-corrected chi connectivity index (χ3v) is 4.35. The second-order valence-electron chi connectivity index (χ2n) is 6.79. The minimum absolute atomic E-state index is 0.257. The normalized spacial score (nSPS) is 14.7. The van der Waals surface area contributed by atoms with Crippen LogP contribution in [0.3, 0.4) is 0 Å². The molecule has 1 aromatic heterocycles. The van der Waals surface area contributed by atoms with Crippen molar-refractivity contribution in [2.24, 2.45) is 0 Å². The van der Waals surface area contributed by atoms with Crippen molar-refractivity contribution in [1.82, 2.24) is 4.57 Å². The number of rotatable bonds is 5. The SMILES string of the molecule is C=C.CC.CCC.OCCCCn1c(-c2ccccc2)cc2c1/C=C\C/C=C\C=C/C2. The van der Waals surface area contributed by atoms with Gasteiger partial charge in [0.2, 0.25) is 0 Å². The average molecular weight is 422 g/mol. The molecular weight excluding hydrogens is 378 g/mol. The molecule has 0 spiro atoms. The number of hydrogen-bond donors (Lipinski definition) is 1. The Labute approximate surface area is 191 Å². The lowest BCUT2D eigenvalue weighted by Crippen LogP contribution is -2.04. The molecule has 0 saturated carbocycles. The van der Waals surface area contributed by atoms with Gasteiger partial charge in [0, 0.05) is 24.5 Å². The molecule has 0 atom stereocenters. The Bertz CT molecular complexity index is 766. The first-order chi connectivity index (χ1) is 15.3. The maximum Gasteiger partial charge on any atom is 0.0488 e. The molecule has 3 rings (SSSR count). The molecule has 0 amide bonds. The fourth-order valence-corrected chi connectivity index (χ4v) is 3.14. The molecule has 0 radical (unpaired) electrons. The van der Waals surface area contributed by atoms with Crippen molar-refractivity contribution in [3.05, 3.63) is 91.2 Å². The van der Waals surface area contributed by atoms with E-state index in [4.69, 9.17) is 5.11 Å². The van der Waals surface area contributed by atoms with Gasteiger partial charge in [0.1, 0.15) is 0 Å². The first-order valence-corrected chi connectivity index (χ1v) is 11.7. The van der Waals surface area contributed by atoms with Gasteiger partial charge in [0.25, 0.3) is 0 Å². The third kappa shape index (κ3) is 10.3. The molecule has 1 aromatic carbocycles. The van der Waals surface area contributed by atoms with Crippen LogP contribution in [-0.4, -0.2) is 16.3 Å². The highest BCUT2D eigenvalue weighted by molar-refractivity contribution is 5.67. The van der Waals surface area contributed by atoms with Crippen molar-refractivity contribution < 1.29 is 5.11 Å². The van der Waals surface area contributed by atoms with E-state index >= 15 is 0 Å². The molecule has 2 aromatic rings. The maximum absolute atomic E-state index is 9.13. The van der Waals surface area contributed by atoms with E-state index in [2.05, 4.69) is 104 Å². The Kier molecular flexibility index (Phi) is 17.8. The lowest BCUT2D eigenvalue weighted by molar-refractivity contribution is 0.281. The number of benzene rings is 1. The van der Waals surface area contributed by atoms with Gasteiger partial charge in [-0.25, -0.2) is 0 Å². The number of fused-ring (bicyclic) bond motifs is 1. The van der Waals surface area contributed by atoms with Crippen molar-refractivity contribution in [2.45, 2.75) is 66.3 Å². The topological polar surface area (TPSA) is 25.2 Å². The highest BCUT2D eigenvalue weighted by Crippen LogP contribution is 2.28. The van der Waals surface area contributed by atoms with Crippen molar-refractivity contribution in [3.63, 3.8) is 0 Å². The van der Waals surface area contributed by atoms with E-state index < -0.39 is 0 Å². The van der Waals surface area contributed by atoms with E-state index in [9.17, 15) is 0 Å². The van der Waals surface area contributed by atoms with Crippen LogP contribution in [-0.2, 0) is 13.0 Å². The predicted molar refractivity (Wildman–Crippen MR) is 140 cm³/mol. The van der Waals surface area contributed by atoms with Crippen LogP contribution in [0.25, 0.3) is 17.3 Å².